The van der Waals surface area contributed by atoms with E-state index in [9.17, 15) is 9.59 Å². The van der Waals surface area contributed by atoms with Gasteiger partial charge in [0, 0.05) is 11.8 Å². The smallest absolute Gasteiger partial charge is 0.317 e. The number of Topliss-reactive ketones (excluding diaryl/α,β-unsaturated/α-hetero) is 1. The summed E-state index contributed by atoms with van der Waals surface area (Å²) in [4.78, 5) is 27.0. The number of carbonyl (C=O) groups is 2. The molecule has 0 saturated heterocycles. The second kappa shape index (κ2) is 6.83. The van der Waals surface area contributed by atoms with Gasteiger partial charge in [-0.15, -0.1) is 0 Å². The van der Waals surface area contributed by atoms with Gasteiger partial charge in [0.15, 0.2) is 11.5 Å². The van der Waals surface area contributed by atoms with Crippen molar-refractivity contribution in [3.05, 3.63) is 24.3 Å². The van der Waals surface area contributed by atoms with Crippen LogP contribution in [0.4, 0.5) is 0 Å². The van der Waals surface area contributed by atoms with Crippen molar-refractivity contribution in [3.63, 3.8) is 0 Å². The molecule has 0 amide bonds. The van der Waals surface area contributed by atoms with Crippen LogP contribution >= 0.6 is 0 Å². The standard InChI is InChI=1S/C27H36O4/c1-24-14-10-21-25(2)12-7-13-26(3,20(25)11-15-27(21,17-24)22(28)16-24)23(29)31-19-9-6-5-8-18(19)30-4/h5-6,8-9,20-21H,7,10-17H2,1-4H3/t20-,21-,24+,25+,26+,27-/m0/s1. The maximum atomic E-state index is 13.6. The van der Waals surface area contributed by atoms with Crippen LogP contribution in [0.25, 0.3) is 0 Å². The molecule has 4 saturated carbocycles. The van der Waals surface area contributed by atoms with Crippen molar-refractivity contribution in [2.24, 2.45) is 33.5 Å². The zero-order valence-corrected chi connectivity index (χ0v) is 19.5. The average molecular weight is 425 g/mol. The summed E-state index contributed by atoms with van der Waals surface area (Å²) in [5, 5.41) is 0. The van der Waals surface area contributed by atoms with Crippen molar-refractivity contribution in [1.29, 1.82) is 0 Å². The molecule has 0 N–H and O–H groups in total. The molecule has 5 rings (SSSR count). The highest BCUT2D eigenvalue weighted by molar-refractivity contribution is 5.89. The van der Waals surface area contributed by atoms with Gasteiger partial charge in [-0.2, -0.15) is 0 Å². The SMILES string of the molecule is COc1ccccc1OC(=O)[C@]1(C)CCC[C@@]2(C)[C@@H]3CC[C@]4(C)CC(=O)[C@@]3(CC[C@@H]21)C4. The minimum atomic E-state index is -0.530. The summed E-state index contributed by atoms with van der Waals surface area (Å²) in [6.45, 7) is 6.83. The zero-order chi connectivity index (χ0) is 22.1. The third-order valence-corrected chi connectivity index (χ3v) is 9.98. The molecule has 31 heavy (non-hydrogen) atoms. The molecule has 0 aliphatic heterocycles. The first-order valence-electron chi connectivity index (χ1n) is 12.1. The van der Waals surface area contributed by atoms with Gasteiger partial charge >= 0.3 is 5.97 Å². The minimum absolute atomic E-state index is 0.0202. The molecular weight excluding hydrogens is 388 g/mol. The number of fused-ring (bicyclic) bond motifs is 3. The number of methoxy groups -OCH3 is 1. The van der Waals surface area contributed by atoms with Crippen LogP contribution < -0.4 is 9.47 Å². The first kappa shape index (κ1) is 21.0. The number of benzene rings is 1. The molecule has 4 aliphatic carbocycles. The number of ether oxygens (including phenoxy) is 2. The molecule has 6 atom stereocenters. The van der Waals surface area contributed by atoms with E-state index in [1.165, 1.54) is 0 Å². The number of rotatable bonds is 3. The van der Waals surface area contributed by atoms with E-state index in [1.807, 2.05) is 18.2 Å². The fraction of sp³-hybridized carbons (Fsp3) is 0.704. The monoisotopic (exact) mass is 424 g/mol. The van der Waals surface area contributed by atoms with Crippen LogP contribution in [0, 0.1) is 33.5 Å². The highest BCUT2D eigenvalue weighted by atomic mass is 16.6. The van der Waals surface area contributed by atoms with Crippen molar-refractivity contribution in [1.82, 2.24) is 0 Å². The summed E-state index contributed by atoms with van der Waals surface area (Å²) in [5.41, 5.74) is -0.440. The van der Waals surface area contributed by atoms with Crippen LogP contribution in [0.15, 0.2) is 24.3 Å². The maximum Gasteiger partial charge on any atom is 0.317 e. The number of carbonyl (C=O) groups excluding carboxylic acids is 2. The molecule has 0 unspecified atom stereocenters. The fourth-order valence-corrected chi connectivity index (χ4v) is 8.66. The number of hydrogen-bond acceptors (Lipinski definition) is 4. The number of esters is 1. The van der Waals surface area contributed by atoms with Crippen molar-refractivity contribution in [2.45, 2.75) is 78.6 Å². The Hall–Kier alpha value is -1.84. The summed E-state index contributed by atoms with van der Waals surface area (Å²) in [6.07, 6.45) is 8.99. The van der Waals surface area contributed by atoms with Crippen molar-refractivity contribution >= 4 is 11.8 Å². The van der Waals surface area contributed by atoms with E-state index in [-0.39, 0.29) is 28.1 Å². The highest BCUT2D eigenvalue weighted by Gasteiger charge is 2.69. The molecule has 0 aromatic heterocycles. The molecule has 1 aromatic rings. The van der Waals surface area contributed by atoms with E-state index in [2.05, 4.69) is 20.8 Å². The second-order valence-corrected chi connectivity index (χ2v) is 11.7. The predicted molar refractivity (Wildman–Crippen MR) is 119 cm³/mol. The van der Waals surface area contributed by atoms with E-state index in [0.29, 0.717) is 23.2 Å². The largest absolute Gasteiger partial charge is 0.493 e. The Balaban J connectivity index is 1.47. The van der Waals surface area contributed by atoms with Gasteiger partial charge in [0.25, 0.3) is 0 Å². The number of para-hydroxylation sites is 2. The van der Waals surface area contributed by atoms with Gasteiger partial charge < -0.3 is 9.47 Å². The minimum Gasteiger partial charge on any atom is -0.493 e. The number of ketones is 1. The summed E-state index contributed by atoms with van der Waals surface area (Å²) < 4.78 is 11.4. The van der Waals surface area contributed by atoms with E-state index in [0.717, 1.165) is 57.8 Å². The third kappa shape index (κ3) is 2.85. The Bertz CT molecular complexity index is 924. The Kier molecular flexibility index (Phi) is 4.63. The number of hydrogen-bond donors (Lipinski definition) is 0. The normalized spacial score (nSPS) is 43.7. The maximum absolute atomic E-state index is 13.6. The van der Waals surface area contributed by atoms with E-state index >= 15 is 0 Å². The second-order valence-electron chi connectivity index (χ2n) is 11.7. The van der Waals surface area contributed by atoms with Crippen molar-refractivity contribution < 1.29 is 19.1 Å². The van der Waals surface area contributed by atoms with Gasteiger partial charge in [-0.1, -0.05) is 32.4 Å². The molecular formula is C27H36O4. The summed E-state index contributed by atoms with van der Waals surface area (Å²) >= 11 is 0. The summed E-state index contributed by atoms with van der Waals surface area (Å²) in [7, 11) is 1.60. The molecule has 2 bridgehead atoms. The molecule has 1 aromatic carbocycles. The zero-order valence-electron chi connectivity index (χ0n) is 19.5. The van der Waals surface area contributed by atoms with Gasteiger partial charge in [-0.05, 0) is 86.7 Å². The lowest BCUT2D eigenvalue weighted by Gasteiger charge is -2.63. The van der Waals surface area contributed by atoms with Gasteiger partial charge in [0.05, 0.1) is 12.5 Å². The Labute approximate surface area is 186 Å². The molecule has 168 valence electrons. The van der Waals surface area contributed by atoms with Crippen LogP contribution in [-0.2, 0) is 9.59 Å². The van der Waals surface area contributed by atoms with E-state index < -0.39 is 5.41 Å². The Morgan fingerprint density at radius 2 is 1.68 bits per heavy atom. The van der Waals surface area contributed by atoms with E-state index in [4.69, 9.17) is 9.47 Å². The molecule has 1 spiro atoms. The van der Waals surface area contributed by atoms with Crippen molar-refractivity contribution in [3.8, 4) is 11.5 Å². The lowest BCUT2D eigenvalue weighted by molar-refractivity contribution is -0.182. The Morgan fingerprint density at radius 3 is 2.42 bits per heavy atom. The van der Waals surface area contributed by atoms with Crippen LogP contribution in [0.5, 0.6) is 11.5 Å². The lowest BCUT2D eigenvalue weighted by Crippen LogP contribution is -2.60. The van der Waals surface area contributed by atoms with Crippen LogP contribution in [0.3, 0.4) is 0 Å². The molecule has 0 heterocycles. The molecule has 4 fully saturated rings. The summed E-state index contributed by atoms with van der Waals surface area (Å²) in [6, 6.07) is 7.38. The van der Waals surface area contributed by atoms with Crippen LogP contribution in [-0.4, -0.2) is 18.9 Å². The molecule has 4 heteroatoms. The summed E-state index contributed by atoms with van der Waals surface area (Å²) in [5.74, 6) is 2.12. The molecule has 4 nitrogen and oxygen atoms in total. The Morgan fingerprint density at radius 1 is 0.968 bits per heavy atom. The first-order chi connectivity index (χ1) is 14.7. The quantitative estimate of drug-likeness (QED) is 0.443. The average Bonchev–Trinajstić information content (AvgIpc) is 2.91. The molecule has 0 radical (unpaired) electrons. The van der Waals surface area contributed by atoms with Crippen molar-refractivity contribution in [2.75, 3.05) is 7.11 Å². The van der Waals surface area contributed by atoms with Crippen LogP contribution in [0.1, 0.15) is 78.6 Å². The van der Waals surface area contributed by atoms with Crippen LogP contribution in [0.2, 0.25) is 0 Å². The fourth-order valence-electron chi connectivity index (χ4n) is 8.66. The van der Waals surface area contributed by atoms with Gasteiger partial charge in [0.2, 0.25) is 0 Å². The third-order valence-electron chi connectivity index (χ3n) is 9.98. The highest BCUT2D eigenvalue weighted by Crippen LogP contribution is 2.72. The topological polar surface area (TPSA) is 52.6 Å². The van der Waals surface area contributed by atoms with Gasteiger partial charge in [-0.3, -0.25) is 9.59 Å². The van der Waals surface area contributed by atoms with Gasteiger partial charge in [-0.25, -0.2) is 0 Å². The lowest BCUT2D eigenvalue weighted by atomic mass is 9.40. The van der Waals surface area contributed by atoms with E-state index in [1.54, 1.807) is 13.2 Å². The first-order valence-corrected chi connectivity index (χ1v) is 12.1. The van der Waals surface area contributed by atoms with Gasteiger partial charge in [0.1, 0.15) is 5.78 Å². The molecule has 4 aliphatic rings. The predicted octanol–water partition coefficient (Wildman–Crippen LogP) is 5.97.